The van der Waals surface area contributed by atoms with E-state index in [1.807, 2.05) is 0 Å². The van der Waals surface area contributed by atoms with Crippen molar-refractivity contribution in [1.29, 1.82) is 0 Å². The first kappa shape index (κ1) is 10.3. The zero-order valence-corrected chi connectivity index (χ0v) is 8.63. The minimum absolute atomic E-state index is 0.0342. The summed E-state index contributed by atoms with van der Waals surface area (Å²) in [6, 6.07) is 0.448. The van der Waals surface area contributed by atoms with Crippen LogP contribution in [0.15, 0.2) is 12.7 Å². The van der Waals surface area contributed by atoms with Crippen LogP contribution < -0.4 is 5.32 Å². The summed E-state index contributed by atoms with van der Waals surface area (Å²) in [6.07, 6.45) is 1.37. The van der Waals surface area contributed by atoms with Crippen LogP contribution in [-0.2, 0) is 4.79 Å². The van der Waals surface area contributed by atoms with E-state index in [0.717, 1.165) is 13.1 Å². The van der Waals surface area contributed by atoms with Crippen LogP contribution in [-0.4, -0.2) is 35.5 Å². The number of hydrogen-bond donors (Lipinski definition) is 1. The van der Waals surface area contributed by atoms with Crippen LogP contribution in [0.25, 0.3) is 0 Å². The van der Waals surface area contributed by atoms with E-state index in [9.17, 15) is 4.79 Å². The van der Waals surface area contributed by atoms with E-state index in [2.05, 4.69) is 32.7 Å². The molecular weight excluding hydrogens is 164 g/mol. The second-order valence-electron chi connectivity index (χ2n) is 4.54. The Hall–Kier alpha value is -0.830. The van der Waals surface area contributed by atoms with Crippen LogP contribution in [0.5, 0.6) is 0 Å². The van der Waals surface area contributed by atoms with E-state index < -0.39 is 0 Å². The summed E-state index contributed by atoms with van der Waals surface area (Å²) in [5.41, 5.74) is 0.133. The highest BCUT2D eigenvalue weighted by atomic mass is 16.2. The molecule has 3 heteroatoms. The van der Waals surface area contributed by atoms with Gasteiger partial charge in [-0.25, -0.2) is 0 Å². The molecule has 0 aromatic heterocycles. The number of rotatable bonds is 2. The smallest absolute Gasteiger partial charge is 0.246 e. The molecule has 13 heavy (non-hydrogen) atoms. The Balaban J connectivity index is 2.26. The molecule has 74 valence electrons. The number of hydrogen-bond acceptors (Lipinski definition) is 2. The van der Waals surface area contributed by atoms with Gasteiger partial charge in [0.1, 0.15) is 0 Å². The molecule has 0 aromatic rings. The number of carbonyl (C=O) groups excluding carboxylic acids is 1. The maximum Gasteiger partial charge on any atom is 0.246 e. The second kappa shape index (κ2) is 3.50. The molecule has 1 heterocycles. The predicted molar refractivity (Wildman–Crippen MR) is 53.5 cm³/mol. The van der Waals surface area contributed by atoms with Crippen molar-refractivity contribution in [2.45, 2.75) is 32.4 Å². The number of likely N-dealkylation sites (tertiary alicyclic amines) is 1. The lowest BCUT2D eigenvalue weighted by Gasteiger charge is -2.42. The maximum absolute atomic E-state index is 11.1. The predicted octanol–water partition coefficient (Wildman–Crippen LogP) is 0.771. The number of carbonyl (C=O) groups is 1. The second-order valence-corrected chi connectivity index (χ2v) is 4.54. The first-order chi connectivity index (χ1) is 5.92. The molecule has 1 fully saturated rings. The van der Waals surface area contributed by atoms with Gasteiger partial charge >= 0.3 is 0 Å². The highest BCUT2D eigenvalue weighted by Gasteiger charge is 2.31. The van der Waals surface area contributed by atoms with Gasteiger partial charge in [-0.15, -0.1) is 0 Å². The fourth-order valence-electron chi connectivity index (χ4n) is 1.49. The first-order valence-electron chi connectivity index (χ1n) is 4.61. The summed E-state index contributed by atoms with van der Waals surface area (Å²) >= 11 is 0. The van der Waals surface area contributed by atoms with Gasteiger partial charge < -0.3 is 10.2 Å². The quantitative estimate of drug-likeness (QED) is 0.640. The molecule has 1 amide bonds. The van der Waals surface area contributed by atoms with Crippen molar-refractivity contribution >= 4 is 5.91 Å². The summed E-state index contributed by atoms with van der Waals surface area (Å²) in [7, 11) is 0. The molecule has 0 radical (unpaired) electrons. The zero-order chi connectivity index (χ0) is 10.1. The molecule has 1 aliphatic heterocycles. The van der Waals surface area contributed by atoms with Gasteiger partial charge in [0, 0.05) is 24.7 Å². The fourth-order valence-corrected chi connectivity index (χ4v) is 1.49. The lowest BCUT2D eigenvalue weighted by molar-refractivity contribution is -0.130. The average Bonchev–Trinajstić information content (AvgIpc) is 1.92. The van der Waals surface area contributed by atoms with Crippen molar-refractivity contribution in [1.82, 2.24) is 10.2 Å². The van der Waals surface area contributed by atoms with Gasteiger partial charge in [0.2, 0.25) is 5.91 Å². The first-order valence-corrected chi connectivity index (χ1v) is 4.61. The molecule has 0 saturated carbocycles. The van der Waals surface area contributed by atoms with Crippen LogP contribution in [0.1, 0.15) is 20.8 Å². The Kier molecular flexibility index (Phi) is 2.76. The molecule has 1 saturated heterocycles. The molecule has 0 aromatic carbocycles. The summed E-state index contributed by atoms with van der Waals surface area (Å²) in [4.78, 5) is 12.9. The Labute approximate surface area is 79.8 Å². The van der Waals surface area contributed by atoms with E-state index in [1.165, 1.54) is 6.08 Å². The molecule has 1 N–H and O–H groups in total. The third kappa shape index (κ3) is 2.84. The van der Waals surface area contributed by atoms with Gasteiger partial charge in [0.05, 0.1) is 0 Å². The molecule has 0 aliphatic carbocycles. The third-order valence-electron chi connectivity index (χ3n) is 2.00. The summed E-state index contributed by atoms with van der Waals surface area (Å²) < 4.78 is 0. The number of amides is 1. The van der Waals surface area contributed by atoms with Gasteiger partial charge in [-0.2, -0.15) is 0 Å². The highest BCUT2D eigenvalue weighted by Crippen LogP contribution is 2.12. The summed E-state index contributed by atoms with van der Waals surface area (Å²) in [6.45, 7) is 11.5. The molecule has 0 bridgehead atoms. The van der Waals surface area contributed by atoms with E-state index >= 15 is 0 Å². The minimum Gasteiger partial charge on any atom is -0.336 e. The van der Waals surface area contributed by atoms with Gasteiger partial charge in [-0.1, -0.05) is 6.58 Å². The van der Waals surface area contributed by atoms with Crippen molar-refractivity contribution < 1.29 is 4.79 Å². The van der Waals surface area contributed by atoms with Gasteiger partial charge in [0.25, 0.3) is 0 Å². The molecule has 0 spiro atoms. The largest absolute Gasteiger partial charge is 0.336 e. The average molecular weight is 182 g/mol. The van der Waals surface area contributed by atoms with E-state index in [1.54, 1.807) is 4.90 Å². The summed E-state index contributed by atoms with van der Waals surface area (Å²) in [5.74, 6) is 0.0342. The van der Waals surface area contributed by atoms with Gasteiger partial charge in [-0.05, 0) is 26.8 Å². The molecule has 0 atom stereocenters. The van der Waals surface area contributed by atoms with Crippen LogP contribution in [0.4, 0.5) is 0 Å². The molecule has 1 aliphatic rings. The monoisotopic (exact) mass is 182 g/mol. The van der Waals surface area contributed by atoms with Crippen LogP contribution in [0.3, 0.4) is 0 Å². The third-order valence-corrected chi connectivity index (χ3v) is 2.00. The number of nitrogens with zero attached hydrogens (tertiary/aromatic N) is 1. The molecular formula is C10H18N2O. The normalized spacial score (nSPS) is 18.2. The van der Waals surface area contributed by atoms with Gasteiger partial charge in [0.15, 0.2) is 0 Å². The molecule has 3 nitrogen and oxygen atoms in total. The summed E-state index contributed by atoms with van der Waals surface area (Å²) in [5, 5.41) is 3.44. The van der Waals surface area contributed by atoms with Crippen molar-refractivity contribution in [2.24, 2.45) is 0 Å². The van der Waals surface area contributed by atoms with E-state index in [0.29, 0.717) is 6.04 Å². The van der Waals surface area contributed by atoms with Gasteiger partial charge in [-0.3, -0.25) is 4.79 Å². The van der Waals surface area contributed by atoms with Crippen molar-refractivity contribution in [2.75, 3.05) is 13.1 Å². The highest BCUT2D eigenvalue weighted by molar-refractivity contribution is 5.87. The van der Waals surface area contributed by atoms with Crippen molar-refractivity contribution in [3.8, 4) is 0 Å². The van der Waals surface area contributed by atoms with Crippen LogP contribution >= 0.6 is 0 Å². The number of nitrogens with one attached hydrogen (secondary N) is 1. The minimum atomic E-state index is 0.0342. The lowest BCUT2D eigenvalue weighted by atomic mass is 10.0. The van der Waals surface area contributed by atoms with Crippen molar-refractivity contribution in [3.63, 3.8) is 0 Å². The standard InChI is InChI=1S/C10H18N2O/c1-5-9(13)12-6-8(7-12)11-10(2,3)4/h5,8,11H,1,6-7H2,2-4H3. The topological polar surface area (TPSA) is 32.3 Å². The fraction of sp³-hybridized carbons (Fsp3) is 0.700. The SMILES string of the molecule is C=CC(=O)N1CC(NC(C)(C)C)C1. The van der Waals surface area contributed by atoms with E-state index in [-0.39, 0.29) is 11.4 Å². The Morgan fingerprint density at radius 1 is 1.54 bits per heavy atom. The van der Waals surface area contributed by atoms with Crippen LogP contribution in [0, 0.1) is 0 Å². The lowest BCUT2D eigenvalue weighted by Crippen LogP contribution is -2.63. The maximum atomic E-state index is 11.1. The zero-order valence-electron chi connectivity index (χ0n) is 8.63. The van der Waals surface area contributed by atoms with Crippen LogP contribution in [0.2, 0.25) is 0 Å². The molecule has 0 unspecified atom stereocenters. The Morgan fingerprint density at radius 3 is 2.46 bits per heavy atom. The Morgan fingerprint density at radius 2 is 2.08 bits per heavy atom. The molecule has 1 rings (SSSR count). The Bertz CT molecular complexity index is 211. The van der Waals surface area contributed by atoms with Crippen molar-refractivity contribution in [3.05, 3.63) is 12.7 Å². The van der Waals surface area contributed by atoms with E-state index in [4.69, 9.17) is 0 Å².